The van der Waals surface area contributed by atoms with Gasteiger partial charge in [-0.15, -0.1) is 11.8 Å². The Morgan fingerprint density at radius 3 is 2.60 bits per heavy atom. The van der Waals surface area contributed by atoms with Gasteiger partial charge in [0.25, 0.3) is 5.91 Å². The van der Waals surface area contributed by atoms with Crippen molar-refractivity contribution in [2.24, 2.45) is 0 Å². The lowest BCUT2D eigenvalue weighted by atomic mass is 10.2. The summed E-state index contributed by atoms with van der Waals surface area (Å²) in [6.07, 6.45) is 0.0699. The number of carbonyl (C=O) groups is 1. The molecule has 0 spiro atoms. The number of hydrogen-bond donors (Lipinski definition) is 1. The number of hydrogen-bond acceptors (Lipinski definition) is 4. The quantitative estimate of drug-likeness (QED) is 0.517. The summed E-state index contributed by atoms with van der Waals surface area (Å²) in [5, 5.41) is 3.64. The van der Waals surface area contributed by atoms with Gasteiger partial charge in [0, 0.05) is 28.3 Å². The summed E-state index contributed by atoms with van der Waals surface area (Å²) < 4.78 is 11.0. The molecule has 0 aliphatic heterocycles. The van der Waals surface area contributed by atoms with Crippen LogP contribution in [-0.4, -0.2) is 31.4 Å². The maximum atomic E-state index is 12.3. The maximum absolute atomic E-state index is 12.3. The fraction of sp³-hybridized carbons (Fsp3) is 0.316. The van der Waals surface area contributed by atoms with Crippen LogP contribution in [0.3, 0.4) is 0 Å². The topological polar surface area (TPSA) is 47.6 Å². The molecule has 0 heterocycles. The first kappa shape index (κ1) is 19.5. The van der Waals surface area contributed by atoms with Gasteiger partial charge in [-0.05, 0) is 42.8 Å². The molecular weight excluding hydrogens is 358 g/mol. The highest BCUT2D eigenvalue weighted by atomic mass is 35.5. The van der Waals surface area contributed by atoms with Crippen LogP contribution in [0.25, 0.3) is 0 Å². The Bertz CT molecular complexity index is 679. The Morgan fingerprint density at radius 1 is 1.20 bits per heavy atom. The van der Waals surface area contributed by atoms with Crippen LogP contribution in [0.2, 0.25) is 5.02 Å². The molecule has 0 aliphatic rings. The van der Waals surface area contributed by atoms with Crippen molar-refractivity contribution in [2.75, 3.05) is 19.4 Å². The van der Waals surface area contributed by atoms with E-state index in [1.54, 1.807) is 24.9 Å². The average molecular weight is 380 g/mol. The maximum Gasteiger partial charge on any atom is 0.261 e. The molecule has 1 N–H and O–H groups in total. The first-order valence-electron chi connectivity index (χ1n) is 8.09. The molecule has 0 aromatic heterocycles. The van der Waals surface area contributed by atoms with Crippen molar-refractivity contribution in [3.8, 4) is 11.5 Å². The van der Waals surface area contributed by atoms with Gasteiger partial charge in [-0.1, -0.05) is 24.6 Å². The van der Waals surface area contributed by atoms with E-state index in [0.29, 0.717) is 24.5 Å². The summed E-state index contributed by atoms with van der Waals surface area (Å²) in [7, 11) is 1.60. The van der Waals surface area contributed by atoms with Crippen LogP contribution in [-0.2, 0) is 4.79 Å². The number of amides is 1. The first-order valence-corrected chi connectivity index (χ1v) is 9.45. The number of halogens is 1. The van der Waals surface area contributed by atoms with Crippen molar-refractivity contribution in [3.63, 3.8) is 0 Å². The van der Waals surface area contributed by atoms with E-state index in [-0.39, 0.29) is 5.91 Å². The van der Waals surface area contributed by atoms with Gasteiger partial charge in [0.1, 0.15) is 11.5 Å². The molecule has 0 radical (unpaired) electrons. The molecular formula is C19H22ClNO3S. The number of nitrogens with one attached hydrogen (secondary N) is 1. The molecule has 0 saturated heterocycles. The fourth-order valence-electron chi connectivity index (χ4n) is 2.15. The van der Waals surface area contributed by atoms with Gasteiger partial charge in [-0.3, -0.25) is 4.79 Å². The second-order valence-electron chi connectivity index (χ2n) is 5.29. The predicted molar refractivity (Wildman–Crippen MR) is 103 cm³/mol. The van der Waals surface area contributed by atoms with Crippen molar-refractivity contribution in [2.45, 2.75) is 24.3 Å². The Labute approximate surface area is 157 Å². The van der Waals surface area contributed by atoms with E-state index in [2.05, 4.69) is 5.32 Å². The van der Waals surface area contributed by atoms with Crippen LogP contribution in [0.1, 0.15) is 13.3 Å². The van der Waals surface area contributed by atoms with Crippen LogP contribution < -0.4 is 14.8 Å². The van der Waals surface area contributed by atoms with Crippen LogP contribution in [0.4, 0.5) is 0 Å². The van der Waals surface area contributed by atoms with Gasteiger partial charge in [0.05, 0.1) is 7.11 Å². The molecule has 0 fully saturated rings. The largest absolute Gasteiger partial charge is 0.497 e. The molecule has 1 amide bonds. The minimum absolute atomic E-state index is 0.109. The van der Waals surface area contributed by atoms with Crippen LogP contribution in [0, 0.1) is 0 Å². The van der Waals surface area contributed by atoms with E-state index in [0.717, 1.165) is 15.7 Å². The highest BCUT2D eigenvalue weighted by molar-refractivity contribution is 7.99. The first-order chi connectivity index (χ1) is 12.1. The summed E-state index contributed by atoms with van der Waals surface area (Å²) >= 11 is 7.53. The van der Waals surface area contributed by atoms with Crippen molar-refractivity contribution >= 4 is 29.3 Å². The third kappa shape index (κ3) is 6.52. The standard InChI is InChI=1S/C19H22ClNO3S/c1-3-18(24-16-6-4-5-15(13-16)23-2)19(22)21-11-12-25-17-9-7-14(20)8-10-17/h4-10,13,18H,3,11-12H2,1-2H3,(H,21,22). The smallest absolute Gasteiger partial charge is 0.261 e. The molecule has 1 unspecified atom stereocenters. The third-order valence-corrected chi connectivity index (χ3v) is 4.73. The molecule has 2 aromatic rings. The zero-order chi connectivity index (χ0) is 18.1. The summed E-state index contributed by atoms with van der Waals surface area (Å²) in [6.45, 7) is 2.50. The lowest BCUT2D eigenvalue weighted by Gasteiger charge is -2.17. The summed E-state index contributed by atoms with van der Waals surface area (Å²) in [5.41, 5.74) is 0. The number of benzene rings is 2. The highest BCUT2D eigenvalue weighted by Gasteiger charge is 2.18. The molecule has 2 rings (SSSR count). The third-order valence-electron chi connectivity index (χ3n) is 3.47. The summed E-state index contributed by atoms with van der Waals surface area (Å²) in [5.74, 6) is 1.99. The van der Waals surface area contributed by atoms with Gasteiger partial charge >= 0.3 is 0 Å². The Balaban J connectivity index is 1.78. The Hall–Kier alpha value is -1.85. The number of ether oxygens (including phenoxy) is 2. The SMILES string of the molecule is CCC(Oc1cccc(OC)c1)C(=O)NCCSc1ccc(Cl)cc1. The van der Waals surface area contributed by atoms with Crippen LogP contribution in [0.5, 0.6) is 11.5 Å². The number of rotatable bonds is 9. The average Bonchev–Trinajstić information content (AvgIpc) is 2.64. The highest BCUT2D eigenvalue weighted by Crippen LogP contribution is 2.21. The van der Waals surface area contributed by atoms with Crippen molar-refractivity contribution in [1.82, 2.24) is 5.32 Å². The molecule has 2 aromatic carbocycles. The zero-order valence-electron chi connectivity index (χ0n) is 14.3. The van der Waals surface area contributed by atoms with E-state index < -0.39 is 6.10 Å². The minimum atomic E-state index is -0.521. The molecule has 0 aliphatic carbocycles. The van der Waals surface area contributed by atoms with Crippen molar-refractivity contribution in [3.05, 3.63) is 53.6 Å². The lowest BCUT2D eigenvalue weighted by Crippen LogP contribution is -2.39. The van der Waals surface area contributed by atoms with Gasteiger partial charge in [-0.2, -0.15) is 0 Å². The monoisotopic (exact) mass is 379 g/mol. The molecule has 134 valence electrons. The number of thioether (sulfide) groups is 1. The van der Waals surface area contributed by atoms with E-state index >= 15 is 0 Å². The van der Waals surface area contributed by atoms with E-state index in [1.807, 2.05) is 49.4 Å². The van der Waals surface area contributed by atoms with Crippen LogP contribution in [0.15, 0.2) is 53.4 Å². The minimum Gasteiger partial charge on any atom is -0.497 e. The molecule has 0 bridgehead atoms. The fourth-order valence-corrected chi connectivity index (χ4v) is 3.04. The second-order valence-corrected chi connectivity index (χ2v) is 6.89. The van der Waals surface area contributed by atoms with Crippen molar-refractivity contribution < 1.29 is 14.3 Å². The van der Waals surface area contributed by atoms with E-state index in [1.165, 1.54) is 0 Å². The Kier molecular flexibility index (Phi) is 7.95. The molecule has 25 heavy (non-hydrogen) atoms. The Morgan fingerprint density at radius 2 is 1.92 bits per heavy atom. The molecule has 6 heteroatoms. The van der Waals surface area contributed by atoms with E-state index in [9.17, 15) is 4.79 Å². The molecule has 0 saturated carbocycles. The van der Waals surface area contributed by atoms with Gasteiger partial charge in [0.2, 0.25) is 0 Å². The lowest BCUT2D eigenvalue weighted by molar-refractivity contribution is -0.127. The van der Waals surface area contributed by atoms with Gasteiger partial charge in [0.15, 0.2) is 6.10 Å². The second kappa shape index (κ2) is 10.2. The van der Waals surface area contributed by atoms with Gasteiger partial charge < -0.3 is 14.8 Å². The normalized spacial score (nSPS) is 11.6. The summed E-state index contributed by atoms with van der Waals surface area (Å²) in [4.78, 5) is 13.4. The molecule has 4 nitrogen and oxygen atoms in total. The molecule has 1 atom stereocenters. The zero-order valence-corrected chi connectivity index (χ0v) is 15.9. The summed E-state index contributed by atoms with van der Waals surface area (Å²) in [6, 6.07) is 14.9. The van der Waals surface area contributed by atoms with Crippen LogP contribution >= 0.6 is 23.4 Å². The number of methoxy groups -OCH3 is 1. The predicted octanol–water partition coefficient (Wildman–Crippen LogP) is 4.41. The van der Waals surface area contributed by atoms with E-state index in [4.69, 9.17) is 21.1 Å². The van der Waals surface area contributed by atoms with Crippen molar-refractivity contribution in [1.29, 1.82) is 0 Å². The number of carbonyl (C=O) groups excluding carboxylic acids is 1. The van der Waals surface area contributed by atoms with Gasteiger partial charge in [-0.25, -0.2) is 0 Å².